The molecule has 1 aliphatic heterocycles. The lowest BCUT2D eigenvalue weighted by Crippen LogP contribution is -2.24. The molecule has 1 atom stereocenters. The standard InChI is InChI=1S/C16H16F2N2O/c17-12-5-6-15(14(18)10-12)19-16(21)11-3-1-7-20-8-2-4-13(20)9-11/h2,4-6,8,10-11H,1,3,7,9H2,(H,19,21). The zero-order valence-corrected chi connectivity index (χ0v) is 11.5. The quantitative estimate of drug-likeness (QED) is 0.904. The molecule has 5 heteroatoms. The summed E-state index contributed by atoms with van der Waals surface area (Å²) in [5.74, 6) is -1.81. The van der Waals surface area contributed by atoms with Gasteiger partial charge in [0.25, 0.3) is 0 Å². The van der Waals surface area contributed by atoms with E-state index in [1.165, 1.54) is 6.07 Å². The molecule has 0 bridgehead atoms. The molecule has 2 aromatic rings. The highest BCUT2D eigenvalue weighted by molar-refractivity contribution is 5.92. The Labute approximate surface area is 121 Å². The number of carbonyl (C=O) groups is 1. The second-order valence-electron chi connectivity index (χ2n) is 5.35. The highest BCUT2D eigenvalue weighted by Crippen LogP contribution is 2.23. The molecule has 1 unspecified atom stereocenters. The van der Waals surface area contributed by atoms with E-state index in [0.717, 1.165) is 37.2 Å². The number of fused-ring (bicyclic) bond motifs is 1. The van der Waals surface area contributed by atoms with Crippen molar-refractivity contribution in [3.05, 3.63) is 53.9 Å². The van der Waals surface area contributed by atoms with E-state index in [-0.39, 0.29) is 17.5 Å². The highest BCUT2D eigenvalue weighted by Gasteiger charge is 2.23. The molecular weight excluding hydrogens is 274 g/mol. The van der Waals surface area contributed by atoms with Crippen LogP contribution >= 0.6 is 0 Å². The molecule has 2 heterocycles. The zero-order valence-electron chi connectivity index (χ0n) is 11.5. The van der Waals surface area contributed by atoms with Gasteiger partial charge in [-0.1, -0.05) is 0 Å². The van der Waals surface area contributed by atoms with Crippen LogP contribution in [0.2, 0.25) is 0 Å². The average Bonchev–Trinajstić information content (AvgIpc) is 2.79. The van der Waals surface area contributed by atoms with Crippen LogP contribution in [0.15, 0.2) is 36.5 Å². The molecular formula is C16H16F2N2O. The average molecular weight is 290 g/mol. The van der Waals surface area contributed by atoms with Crippen LogP contribution in [0, 0.1) is 17.6 Å². The second-order valence-corrected chi connectivity index (χ2v) is 5.35. The van der Waals surface area contributed by atoms with Crippen molar-refractivity contribution in [1.82, 2.24) is 4.57 Å². The van der Waals surface area contributed by atoms with Gasteiger partial charge >= 0.3 is 0 Å². The largest absolute Gasteiger partial charge is 0.351 e. The Balaban J connectivity index is 1.73. The Bertz CT molecular complexity index is 666. The zero-order chi connectivity index (χ0) is 14.8. The molecule has 1 N–H and O–H groups in total. The van der Waals surface area contributed by atoms with Crippen molar-refractivity contribution >= 4 is 11.6 Å². The summed E-state index contributed by atoms with van der Waals surface area (Å²) in [7, 11) is 0. The third-order valence-electron chi connectivity index (χ3n) is 3.89. The Morgan fingerprint density at radius 1 is 1.29 bits per heavy atom. The lowest BCUT2D eigenvalue weighted by molar-refractivity contribution is -0.120. The summed E-state index contributed by atoms with van der Waals surface area (Å²) in [5, 5.41) is 2.57. The van der Waals surface area contributed by atoms with Gasteiger partial charge in [0.2, 0.25) is 5.91 Å². The number of anilines is 1. The molecule has 0 saturated carbocycles. The van der Waals surface area contributed by atoms with E-state index in [4.69, 9.17) is 0 Å². The third-order valence-corrected chi connectivity index (χ3v) is 3.89. The van der Waals surface area contributed by atoms with Crippen LogP contribution in [0.25, 0.3) is 0 Å². The summed E-state index contributed by atoms with van der Waals surface area (Å²) in [6.07, 6.45) is 4.32. The van der Waals surface area contributed by atoms with Crippen LogP contribution in [-0.4, -0.2) is 10.5 Å². The summed E-state index contributed by atoms with van der Waals surface area (Å²) in [5.41, 5.74) is 1.15. The Morgan fingerprint density at radius 2 is 2.14 bits per heavy atom. The van der Waals surface area contributed by atoms with Gasteiger partial charge in [-0.2, -0.15) is 0 Å². The van der Waals surface area contributed by atoms with Gasteiger partial charge in [-0.25, -0.2) is 8.78 Å². The summed E-state index contributed by atoms with van der Waals surface area (Å²) in [6.45, 7) is 0.900. The smallest absolute Gasteiger partial charge is 0.227 e. The Kier molecular flexibility index (Phi) is 3.73. The molecule has 3 nitrogen and oxygen atoms in total. The van der Waals surface area contributed by atoms with Crippen LogP contribution < -0.4 is 5.32 Å². The number of aromatic nitrogens is 1. The molecule has 0 saturated heterocycles. The van der Waals surface area contributed by atoms with E-state index < -0.39 is 11.6 Å². The summed E-state index contributed by atoms with van der Waals surface area (Å²) in [6, 6.07) is 7.13. The maximum absolute atomic E-state index is 13.6. The van der Waals surface area contributed by atoms with Crippen molar-refractivity contribution in [2.24, 2.45) is 5.92 Å². The molecule has 1 aliphatic rings. The fraction of sp³-hybridized carbons (Fsp3) is 0.312. The molecule has 0 radical (unpaired) electrons. The first-order valence-electron chi connectivity index (χ1n) is 7.03. The van der Waals surface area contributed by atoms with Crippen molar-refractivity contribution in [3.8, 4) is 0 Å². The number of carbonyl (C=O) groups excluding carboxylic acids is 1. The Morgan fingerprint density at radius 3 is 2.95 bits per heavy atom. The highest BCUT2D eigenvalue weighted by atomic mass is 19.1. The molecule has 21 heavy (non-hydrogen) atoms. The predicted molar refractivity (Wildman–Crippen MR) is 75.8 cm³/mol. The number of halogens is 2. The molecule has 0 spiro atoms. The normalized spacial score (nSPS) is 17.9. The molecule has 1 aromatic heterocycles. The first-order valence-corrected chi connectivity index (χ1v) is 7.03. The van der Waals surface area contributed by atoms with Crippen LogP contribution in [0.1, 0.15) is 18.5 Å². The maximum Gasteiger partial charge on any atom is 0.227 e. The molecule has 110 valence electrons. The van der Waals surface area contributed by atoms with E-state index in [9.17, 15) is 13.6 Å². The Hall–Kier alpha value is -2.17. The summed E-state index contributed by atoms with van der Waals surface area (Å²) in [4.78, 5) is 12.3. The van der Waals surface area contributed by atoms with Crippen molar-refractivity contribution in [1.29, 1.82) is 0 Å². The van der Waals surface area contributed by atoms with E-state index in [2.05, 4.69) is 9.88 Å². The van der Waals surface area contributed by atoms with Crippen LogP contribution in [0.5, 0.6) is 0 Å². The van der Waals surface area contributed by atoms with Crippen molar-refractivity contribution in [2.45, 2.75) is 25.8 Å². The first-order chi connectivity index (χ1) is 10.1. The van der Waals surface area contributed by atoms with Crippen LogP contribution in [-0.2, 0) is 17.8 Å². The molecule has 3 rings (SSSR count). The minimum Gasteiger partial charge on any atom is -0.351 e. The molecule has 1 aromatic carbocycles. The number of benzene rings is 1. The van der Waals surface area contributed by atoms with Gasteiger partial charge in [-0.3, -0.25) is 4.79 Å². The van der Waals surface area contributed by atoms with Gasteiger partial charge in [0.15, 0.2) is 0 Å². The number of nitrogens with one attached hydrogen (secondary N) is 1. The van der Waals surface area contributed by atoms with Crippen molar-refractivity contribution in [3.63, 3.8) is 0 Å². The van der Waals surface area contributed by atoms with Gasteiger partial charge in [-0.05, 0) is 43.5 Å². The van der Waals surface area contributed by atoms with Gasteiger partial charge in [-0.15, -0.1) is 0 Å². The molecule has 0 aliphatic carbocycles. The maximum atomic E-state index is 13.6. The number of aryl methyl sites for hydroxylation is 1. The molecule has 0 fully saturated rings. The topological polar surface area (TPSA) is 34.0 Å². The monoisotopic (exact) mass is 290 g/mol. The van der Waals surface area contributed by atoms with E-state index in [1.807, 2.05) is 18.3 Å². The van der Waals surface area contributed by atoms with Crippen LogP contribution in [0.3, 0.4) is 0 Å². The summed E-state index contributed by atoms with van der Waals surface area (Å²) < 4.78 is 28.6. The van der Waals surface area contributed by atoms with Gasteiger partial charge in [0, 0.05) is 30.4 Å². The number of amides is 1. The minimum atomic E-state index is -0.750. The number of hydrogen-bond acceptors (Lipinski definition) is 1. The van der Waals surface area contributed by atoms with E-state index in [0.29, 0.717) is 6.42 Å². The van der Waals surface area contributed by atoms with E-state index in [1.54, 1.807) is 0 Å². The number of rotatable bonds is 2. The van der Waals surface area contributed by atoms with Crippen molar-refractivity contribution in [2.75, 3.05) is 5.32 Å². The fourth-order valence-corrected chi connectivity index (χ4v) is 2.76. The SMILES string of the molecule is O=C(Nc1ccc(F)cc1F)C1CCCn2cccc2C1. The van der Waals surface area contributed by atoms with E-state index >= 15 is 0 Å². The van der Waals surface area contributed by atoms with Crippen molar-refractivity contribution < 1.29 is 13.6 Å². The van der Waals surface area contributed by atoms with Crippen LogP contribution in [0.4, 0.5) is 14.5 Å². The fourth-order valence-electron chi connectivity index (χ4n) is 2.76. The number of nitrogens with zero attached hydrogens (tertiary/aromatic N) is 1. The number of hydrogen-bond donors (Lipinski definition) is 1. The second kappa shape index (κ2) is 5.68. The van der Waals surface area contributed by atoms with Gasteiger partial charge < -0.3 is 9.88 Å². The summed E-state index contributed by atoms with van der Waals surface area (Å²) >= 11 is 0. The lowest BCUT2D eigenvalue weighted by atomic mass is 9.98. The van der Waals surface area contributed by atoms with Gasteiger partial charge in [0.1, 0.15) is 11.6 Å². The van der Waals surface area contributed by atoms with Gasteiger partial charge in [0.05, 0.1) is 5.69 Å². The minimum absolute atomic E-state index is 0.0287. The lowest BCUT2D eigenvalue weighted by Gasteiger charge is -2.14. The third kappa shape index (κ3) is 2.96. The molecule has 1 amide bonds. The first kappa shape index (κ1) is 13.8. The predicted octanol–water partition coefficient (Wildman–Crippen LogP) is 3.36.